The number of piperazine rings is 1. The Bertz CT molecular complexity index is 1330. The molecule has 0 spiro atoms. The molecule has 0 bridgehead atoms. The van der Waals surface area contributed by atoms with Crippen LogP contribution in [-0.2, 0) is 11.3 Å². The lowest BCUT2D eigenvalue weighted by atomic mass is 9.98. The molecule has 1 atom stereocenters. The summed E-state index contributed by atoms with van der Waals surface area (Å²) in [6.07, 6.45) is 5.35. The summed E-state index contributed by atoms with van der Waals surface area (Å²) < 4.78 is 0. The quantitative estimate of drug-likeness (QED) is 0.372. The van der Waals surface area contributed by atoms with E-state index in [2.05, 4.69) is 50.2 Å². The normalized spacial score (nSPS) is 14.6. The molecule has 4 heterocycles. The predicted octanol–water partition coefficient (Wildman–Crippen LogP) is 3.85. The number of carbonyl (C=O) groups is 1. The molecule has 38 heavy (non-hydrogen) atoms. The summed E-state index contributed by atoms with van der Waals surface area (Å²) in [6.45, 7) is 9.53. The third kappa shape index (κ3) is 5.84. The minimum absolute atomic E-state index is 0. The molecule has 1 saturated heterocycles. The first kappa shape index (κ1) is 27.2. The van der Waals surface area contributed by atoms with Gasteiger partial charge in [-0.05, 0) is 31.5 Å². The molecule has 0 saturated carbocycles. The Balaban J connectivity index is 0.00000336. The molecule has 5 rings (SSSR count). The molecule has 1 amide bonds. The molecule has 2 N–H and O–H groups in total. The lowest BCUT2D eigenvalue weighted by Crippen LogP contribution is -2.48. The zero-order valence-electron chi connectivity index (χ0n) is 21.9. The number of aryl methyl sites for hydroxylation is 2. The van der Waals surface area contributed by atoms with Gasteiger partial charge in [0.25, 0.3) is 0 Å². The van der Waals surface area contributed by atoms with Crippen molar-refractivity contribution in [3.63, 3.8) is 0 Å². The Morgan fingerprint density at radius 1 is 0.974 bits per heavy atom. The van der Waals surface area contributed by atoms with E-state index in [1.54, 1.807) is 12.4 Å². The van der Waals surface area contributed by atoms with Crippen LogP contribution in [0.25, 0.3) is 11.3 Å². The third-order valence-corrected chi connectivity index (χ3v) is 6.85. The summed E-state index contributed by atoms with van der Waals surface area (Å²) in [7, 11) is 0. The summed E-state index contributed by atoms with van der Waals surface area (Å²) in [6, 6.07) is 14.3. The van der Waals surface area contributed by atoms with E-state index in [0.717, 1.165) is 65.9 Å². The van der Waals surface area contributed by atoms with Gasteiger partial charge in [-0.2, -0.15) is 5.10 Å². The number of anilines is 1. The van der Waals surface area contributed by atoms with Crippen molar-refractivity contribution in [2.24, 2.45) is 0 Å². The van der Waals surface area contributed by atoms with E-state index in [0.29, 0.717) is 6.54 Å². The first-order valence-electron chi connectivity index (χ1n) is 12.6. The van der Waals surface area contributed by atoms with Gasteiger partial charge >= 0.3 is 0 Å². The van der Waals surface area contributed by atoms with E-state index in [-0.39, 0.29) is 24.4 Å². The van der Waals surface area contributed by atoms with Crippen LogP contribution in [-0.4, -0.2) is 62.1 Å². The van der Waals surface area contributed by atoms with Crippen molar-refractivity contribution >= 4 is 24.1 Å². The van der Waals surface area contributed by atoms with Crippen molar-refractivity contribution in [2.45, 2.75) is 33.4 Å². The highest BCUT2D eigenvalue weighted by atomic mass is 35.5. The Morgan fingerprint density at radius 3 is 2.34 bits per heavy atom. The monoisotopic (exact) mass is 532 g/mol. The van der Waals surface area contributed by atoms with Crippen LogP contribution in [0.2, 0.25) is 0 Å². The Labute approximate surface area is 229 Å². The molecule has 0 radical (unpaired) electrons. The van der Waals surface area contributed by atoms with Crippen LogP contribution < -0.4 is 10.2 Å². The lowest BCUT2D eigenvalue weighted by Gasteiger charge is -2.40. The third-order valence-electron chi connectivity index (χ3n) is 6.85. The first-order valence-corrected chi connectivity index (χ1v) is 12.6. The maximum absolute atomic E-state index is 11.2. The Kier molecular flexibility index (Phi) is 8.70. The SMILES string of the molecule is CC(=O)NCc1ccc(-c2nccnc2N2CCN(C(c3ccccn3)c3c(C)n[nH]c3C)CC2)cc1.Cl. The molecule has 198 valence electrons. The number of hydrogen-bond acceptors (Lipinski definition) is 7. The summed E-state index contributed by atoms with van der Waals surface area (Å²) in [5, 5.41) is 10.4. The van der Waals surface area contributed by atoms with Crippen molar-refractivity contribution in [2.75, 3.05) is 31.1 Å². The van der Waals surface area contributed by atoms with Crippen LogP contribution in [0.1, 0.15) is 41.2 Å². The summed E-state index contributed by atoms with van der Waals surface area (Å²) in [5.74, 6) is 0.852. The van der Waals surface area contributed by atoms with Gasteiger partial charge in [0.15, 0.2) is 5.82 Å². The lowest BCUT2D eigenvalue weighted by molar-refractivity contribution is -0.119. The number of carbonyl (C=O) groups excluding carboxylic acids is 1. The Hall–Kier alpha value is -3.82. The van der Waals surface area contributed by atoms with Gasteiger partial charge in [0.05, 0.1) is 17.4 Å². The molecule has 9 nitrogen and oxygen atoms in total. The van der Waals surface area contributed by atoms with Crippen LogP contribution in [0.3, 0.4) is 0 Å². The summed E-state index contributed by atoms with van der Waals surface area (Å²) >= 11 is 0. The van der Waals surface area contributed by atoms with E-state index in [9.17, 15) is 4.79 Å². The van der Waals surface area contributed by atoms with E-state index in [4.69, 9.17) is 9.97 Å². The van der Waals surface area contributed by atoms with E-state index in [1.807, 2.05) is 42.6 Å². The van der Waals surface area contributed by atoms with Crippen LogP contribution >= 0.6 is 12.4 Å². The summed E-state index contributed by atoms with van der Waals surface area (Å²) in [5.41, 5.74) is 7.23. The number of benzene rings is 1. The number of halogens is 1. The molecule has 1 unspecified atom stereocenters. The molecule has 1 aromatic carbocycles. The number of nitrogens with one attached hydrogen (secondary N) is 2. The number of aromatic amines is 1. The highest BCUT2D eigenvalue weighted by Crippen LogP contribution is 2.33. The maximum atomic E-state index is 11.2. The summed E-state index contributed by atoms with van der Waals surface area (Å²) in [4.78, 5) is 30.1. The van der Waals surface area contributed by atoms with Crippen molar-refractivity contribution in [1.29, 1.82) is 0 Å². The molecular formula is C28H33ClN8O. The van der Waals surface area contributed by atoms with Gasteiger partial charge in [0.1, 0.15) is 5.69 Å². The number of aromatic nitrogens is 5. The molecule has 0 aliphatic carbocycles. The van der Waals surface area contributed by atoms with Gasteiger partial charge in [-0.1, -0.05) is 30.3 Å². The fourth-order valence-corrected chi connectivity index (χ4v) is 4.98. The second kappa shape index (κ2) is 12.1. The second-order valence-corrected chi connectivity index (χ2v) is 9.36. The predicted molar refractivity (Wildman–Crippen MR) is 150 cm³/mol. The number of nitrogens with zero attached hydrogens (tertiary/aromatic N) is 6. The standard InChI is InChI=1S/C28H32N8O.ClH/c1-19-25(20(2)34-33-19)27(24-6-4-5-11-29-24)35-14-16-36(17-15-35)28-26(30-12-13-31-28)23-9-7-22(8-10-23)18-32-21(3)37;/h4-13,27H,14-18H2,1-3H3,(H,32,37)(H,33,34);1H. The van der Waals surface area contributed by atoms with Gasteiger partial charge in [0.2, 0.25) is 5.91 Å². The van der Waals surface area contributed by atoms with Gasteiger partial charge < -0.3 is 10.2 Å². The molecule has 3 aromatic heterocycles. The van der Waals surface area contributed by atoms with Crippen LogP contribution in [0.4, 0.5) is 5.82 Å². The fourth-order valence-electron chi connectivity index (χ4n) is 4.98. The van der Waals surface area contributed by atoms with Crippen molar-refractivity contribution < 1.29 is 4.79 Å². The van der Waals surface area contributed by atoms with Gasteiger partial charge in [-0.3, -0.25) is 24.8 Å². The molecule has 1 fully saturated rings. The second-order valence-electron chi connectivity index (χ2n) is 9.36. The number of pyridine rings is 1. The van der Waals surface area contributed by atoms with E-state index in [1.165, 1.54) is 12.5 Å². The van der Waals surface area contributed by atoms with E-state index >= 15 is 0 Å². The smallest absolute Gasteiger partial charge is 0.217 e. The topological polar surface area (TPSA) is 103 Å². The molecule has 10 heteroatoms. The van der Waals surface area contributed by atoms with Crippen molar-refractivity contribution in [1.82, 2.24) is 35.4 Å². The largest absolute Gasteiger partial charge is 0.352 e. The van der Waals surface area contributed by atoms with Gasteiger partial charge in [0, 0.05) is 75.1 Å². The van der Waals surface area contributed by atoms with Crippen LogP contribution in [0, 0.1) is 13.8 Å². The molecule has 4 aromatic rings. The zero-order chi connectivity index (χ0) is 25.8. The minimum atomic E-state index is -0.0391. The fraction of sp³-hybridized carbons (Fsp3) is 0.321. The number of hydrogen-bond donors (Lipinski definition) is 2. The molecule has 1 aliphatic heterocycles. The van der Waals surface area contributed by atoms with Crippen LogP contribution in [0.15, 0.2) is 61.1 Å². The van der Waals surface area contributed by atoms with Crippen molar-refractivity contribution in [3.8, 4) is 11.3 Å². The maximum Gasteiger partial charge on any atom is 0.217 e. The highest BCUT2D eigenvalue weighted by molar-refractivity contribution is 5.85. The van der Waals surface area contributed by atoms with E-state index < -0.39 is 0 Å². The average molecular weight is 533 g/mol. The average Bonchev–Trinajstić information content (AvgIpc) is 3.26. The van der Waals surface area contributed by atoms with Gasteiger partial charge in [-0.15, -0.1) is 12.4 Å². The van der Waals surface area contributed by atoms with Crippen LogP contribution in [0.5, 0.6) is 0 Å². The first-order chi connectivity index (χ1) is 18.0. The van der Waals surface area contributed by atoms with Crippen molar-refractivity contribution in [3.05, 3.63) is 89.3 Å². The van der Waals surface area contributed by atoms with Gasteiger partial charge in [-0.25, -0.2) is 4.98 Å². The molecular weight excluding hydrogens is 500 g/mol. The minimum Gasteiger partial charge on any atom is -0.352 e. The highest BCUT2D eigenvalue weighted by Gasteiger charge is 2.31. The number of amides is 1. The number of rotatable bonds is 7. The number of H-pyrrole nitrogens is 1. The molecule has 1 aliphatic rings. The zero-order valence-corrected chi connectivity index (χ0v) is 22.7. The Morgan fingerprint density at radius 2 is 1.71 bits per heavy atom.